The zero-order valence-corrected chi connectivity index (χ0v) is 19.9. The molecule has 0 aliphatic rings. The third-order valence-corrected chi connectivity index (χ3v) is 5.14. The van der Waals surface area contributed by atoms with E-state index in [-0.39, 0.29) is 23.8 Å². The van der Waals surface area contributed by atoms with Crippen LogP contribution in [0.3, 0.4) is 0 Å². The van der Waals surface area contributed by atoms with Gasteiger partial charge in [-0.15, -0.1) is 0 Å². The van der Waals surface area contributed by atoms with E-state index in [4.69, 9.17) is 9.47 Å². The number of benzene rings is 1. The van der Waals surface area contributed by atoms with Crippen LogP contribution in [0.2, 0.25) is 0 Å². The van der Waals surface area contributed by atoms with Crippen LogP contribution in [0, 0.1) is 5.92 Å². The molecular weight excluding hydrogens is 430 g/mol. The molecule has 0 N–H and O–H groups in total. The number of esters is 3. The fourth-order valence-electron chi connectivity index (χ4n) is 3.19. The lowest BCUT2D eigenvalue weighted by Crippen LogP contribution is -2.50. The summed E-state index contributed by atoms with van der Waals surface area (Å²) in [5.41, 5.74) is 0.965. The van der Waals surface area contributed by atoms with Crippen molar-refractivity contribution in [2.45, 2.75) is 39.7 Å². The molecule has 1 amide bonds. The third-order valence-electron chi connectivity index (χ3n) is 5.14. The highest BCUT2D eigenvalue weighted by Gasteiger charge is 2.36. The number of hydrogen-bond donors (Lipinski definition) is 0. The van der Waals surface area contributed by atoms with Gasteiger partial charge in [-0.25, -0.2) is 14.4 Å². The Morgan fingerprint density at radius 2 is 1.58 bits per heavy atom. The summed E-state index contributed by atoms with van der Waals surface area (Å²) >= 11 is 0. The van der Waals surface area contributed by atoms with E-state index in [1.54, 1.807) is 19.1 Å². The second kappa shape index (κ2) is 13.1. The molecule has 1 aromatic rings. The molecule has 0 heterocycles. The highest BCUT2D eigenvalue weighted by Crippen LogP contribution is 2.21. The van der Waals surface area contributed by atoms with E-state index in [0.717, 1.165) is 0 Å². The van der Waals surface area contributed by atoms with Crippen LogP contribution >= 0.6 is 0 Å². The van der Waals surface area contributed by atoms with Crippen LogP contribution in [0.15, 0.2) is 29.8 Å². The molecule has 0 spiro atoms. The summed E-state index contributed by atoms with van der Waals surface area (Å²) in [6, 6.07) is 5.26. The number of nitrogens with zero attached hydrogens (tertiary/aromatic N) is 1. The van der Waals surface area contributed by atoms with E-state index >= 15 is 0 Å². The Labute approximate surface area is 193 Å². The van der Waals surface area contributed by atoms with Crippen molar-refractivity contribution in [3.8, 4) is 0 Å². The summed E-state index contributed by atoms with van der Waals surface area (Å²) in [4.78, 5) is 62.5. The number of carbonyl (C=O) groups excluding carboxylic acids is 5. The molecule has 0 aromatic heterocycles. The first-order valence-electron chi connectivity index (χ1n) is 10.4. The monoisotopic (exact) mass is 461 g/mol. The zero-order chi connectivity index (χ0) is 25.1. The highest BCUT2D eigenvalue weighted by molar-refractivity contribution is 6.00. The number of carbonyl (C=O) groups is 5. The van der Waals surface area contributed by atoms with Crippen LogP contribution in [-0.2, 0) is 33.4 Å². The summed E-state index contributed by atoms with van der Waals surface area (Å²) < 4.78 is 14.5. The van der Waals surface area contributed by atoms with Gasteiger partial charge in [0.25, 0.3) is 0 Å². The second-order valence-electron chi connectivity index (χ2n) is 7.53. The Kier molecular flexibility index (Phi) is 11.0. The lowest BCUT2D eigenvalue weighted by atomic mass is 9.96. The van der Waals surface area contributed by atoms with E-state index in [2.05, 4.69) is 4.74 Å². The average Bonchev–Trinajstić information content (AvgIpc) is 2.81. The van der Waals surface area contributed by atoms with Crippen LogP contribution in [0.1, 0.15) is 49.5 Å². The van der Waals surface area contributed by atoms with Crippen molar-refractivity contribution in [2.75, 3.05) is 27.9 Å². The molecule has 0 radical (unpaired) electrons. The van der Waals surface area contributed by atoms with Crippen molar-refractivity contribution in [2.24, 2.45) is 5.92 Å². The average molecular weight is 462 g/mol. The first-order chi connectivity index (χ1) is 15.6. The minimum absolute atomic E-state index is 0.0810. The second-order valence-corrected chi connectivity index (χ2v) is 7.53. The zero-order valence-electron chi connectivity index (χ0n) is 19.9. The fraction of sp³-hybridized carbons (Fsp3) is 0.458. The van der Waals surface area contributed by atoms with Gasteiger partial charge in [0.2, 0.25) is 5.91 Å². The molecule has 9 nitrogen and oxygen atoms in total. The van der Waals surface area contributed by atoms with Gasteiger partial charge in [0.15, 0.2) is 0 Å². The third kappa shape index (κ3) is 7.85. The molecule has 180 valence electrons. The summed E-state index contributed by atoms with van der Waals surface area (Å²) in [6.07, 6.45) is 1.62. The summed E-state index contributed by atoms with van der Waals surface area (Å²) in [5.74, 6) is -3.14. The molecule has 0 saturated carbocycles. The van der Waals surface area contributed by atoms with E-state index < -0.39 is 36.3 Å². The smallest absolute Gasteiger partial charge is 0.337 e. The molecule has 33 heavy (non-hydrogen) atoms. The summed E-state index contributed by atoms with van der Waals surface area (Å²) in [7, 11) is 3.68. The maximum atomic E-state index is 13.0. The van der Waals surface area contributed by atoms with Gasteiger partial charge in [-0.1, -0.05) is 32.4 Å². The van der Waals surface area contributed by atoms with Crippen molar-refractivity contribution in [1.82, 2.24) is 4.90 Å². The minimum atomic E-state index is -0.999. The van der Waals surface area contributed by atoms with E-state index in [0.29, 0.717) is 17.5 Å². The molecule has 2 unspecified atom stereocenters. The standard InChI is InChI=1S/C24H31NO8/c1-7-15(2)21(24(30)33-6)25(20(27)12-16(3)26)14-19(23(29)32-5)13-17-8-10-18(11-9-17)22(28)31-4/h8-11,13,15,21H,7,12,14H2,1-6H3/b19-13+. The van der Waals surface area contributed by atoms with Crippen LogP contribution in [0.5, 0.6) is 0 Å². The van der Waals surface area contributed by atoms with E-state index in [9.17, 15) is 24.0 Å². The fourth-order valence-corrected chi connectivity index (χ4v) is 3.19. The number of ether oxygens (including phenoxy) is 3. The van der Waals surface area contributed by atoms with Gasteiger partial charge in [-0.2, -0.15) is 0 Å². The summed E-state index contributed by atoms with van der Waals surface area (Å²) in [5, 5.41) is 0. The molecule has 1 aromatic carbocycles. The lowest BCUT2D eigenvalue weighted by molar-refractivity contribution is -0.156. The minimum Gasteiger partial charge on any atom is -0.467 e. The number of ketones is 1. The van der Waals surface area contributed by atoms with Gasteiger partial charge < -0.3 is 19.1 Å². The number of Topliss-reactive ketones (excluding diaryl/α,β-unsaturated/α-hetero) is 1. The number of methoxy groups -OCH3 is 3. The van der Waals surface area contributed by atoms with Gasteiger partial charge in [0, 0.05) is 0 Å². The Morgan fingerprint density at radius 1 is 0.970 bits per heavy atom. The first-order valence-corrected chi connectivity index (χ1v) is 10.4. The highest BCUT2D eigenvalue weighted by atomic mass is 16.5. The van der Waals surface area contributed by atoms with Crippen LogP contribution < -0.4 is 0 Å². The van der Waals surface area contributed by atoms with Gasteiger partial charge >= 0.3 is 17.9 Å². The molecule has 0 aliphatic heterocycles. The molecule has 0 fully saturated rings. The Balaban J connectivity index is 3.47. The topological polar surface area (TPSA) is 116 Å². The number of rotatable bonds is 11. The quantitative estimate of drug-likeness (QED) is 0.213. The summed E-state index contributed by atoms with van der Waals surface area (Å²) in [6.45, 7) is 4.63. The van der Waals surface area contributed by atoms with Crippen molar-refractivity contribution >= 4 is 35.7 Å². The maximum absolute atomic E-state index is 13.0. The van der Waals surface area contributed by atoms with E-state index in [1.807, 2.05) is 6.92 Å². The molecule has 0 aliphatic carbocycles. The predicted octanol–water partition coefficient (Wildman–Crippen LogP) is 2.43. The normalized spacial score (nSPS) is 12.8. The van der Waals surface area contributed by atoms with Gasteiger partial charge in [-0.05, 0) is 36.6 Å². The largest absolute Gasteiger partial charge is 0.467 e. The SMILES string of the molecule is CCC(C)C(C(=O)OC)N(C/C(=C\c1ccc(C(=O)OC)cc1)C(=O)OC)C(=O)CC(C)=O. The predicted molar refractivity (Wildman–Crippen MR) is 120 cm³/mol. The molecule has 2 atom stereocenters. The maximum Gasteiger partial charge on any atom is 0.337 e. The lowest BCUT2D eigenvalue weighted by Gasteiger charge is -2.33. The Bertz CT molecular complexity index is 904. The molecular formula is C24H31NO8. The first kappa shape index (κ1) is 27.5. The molecule has 1 rings (SSSR count). The Hall–Kier alpha value is -3.49. The van der Waals surface area contributed by atoms with Gasteiger partial charge in [-0.3, -0.25) is 9.59 Å². The van der Waals surface area contributed by atoms with Crippen molar-refractivity contribution < 1.29 is 38.2 Å². The van der Waals surface area contributed by atoms with Crippen LogP contribution in [0.25, 0.3) is 6.08 Å². The van der Waals surface area contributed by atoms with Crippen molar-refractivity contribution in [1.29, 1.82) is 0 Å². The molecule has 9 heteroatoms. The van der Waals surface area contributed by atoms with E-state index in [1.165, 1.54) is 51.4 Å². The molecule has 0 saturated heterocycles. The van der Waals surface area contributed by atoms with Crippen LogP contribution in [0.4, 0.5) is 0 Å². The number of amides is 1. The van der Waals surface area contributed by atoms with Gasteiger partial charge in [0.1, 0.15) is 11.8 Å². The van der Waals surface area contributed by atoms with Crippen LogP contribution in [-0.4, -0.2) is 68.4 Å². The van der Waals surface area contributed by atoms with Crippen molar-refractivity contribution in [3.05, 3.63) is 41.0 Å². The van der Waals surface area contributed by atoms with Gasteiger partial charge in [0.05, 0.1) is 45.4 Å². The Morgan fingerprint density at radius 3 is 2.03 bits per heavy atom. The molecule has 0 bridgehead atoms. The number of hydrogen-bond acceptors (Lipinski definition) is 8. The van der Waals surface area contributed by atoms with Crippen molar-refractivity contribution in [3.63, 3.8) is 0 Å².